The molecular formula is C15H13BrO3. The lowest BCUT2D eigenvalue weighted by Gasteiger charge is -2.25. The third-order valence-corrected chi connectivity index (χ3v) is 3.47. The lowest BCUT2D eigenvalue weighted by molar-refractivity contribution is -0.145. The van der Waals surface area contributed by atoms with Gasteiger partial charge in [-0.25, -0.2) is 0 Å². The zero-order valence-corrected chi connectivity index (χ0v) is 12.0. The van der Waals surface area contributed by atoms with E-state index >= 15 is 0 Å². The van der Waals surface area contributed by atoms with E-state index in [0.29, 0.717) is 17.6 Å². The van der Waals surface area contributed by atoms with Gasteiger partial charge in [-0.1, -0.05) is 42.5 Å². The highest BCUT2D eigenvalue weighted by Crippen LogP contribution is 2.32. The maximum atomic E-state index is 12.2. The maximum Gasteiger partial charge on any atom is 0.304 e. The Balaban J connectivity index is 2.12. The van der Waals surface area contributed by atoms with Crippen LogP contribution in [0.25, 0.3) is 0 Å². The first-order valence-electron chi connectivity index (χ1n) is 5.88. The van der Waals surface area contributed by atoms with Gasteiger partial charge in [0.2, 0.25) is 0 Å². The highest BCUT2D eigenvalue weighted by molar-refractivity contribution is 9.10. The molecule has 0 radical (unpaired) electrons. The van der Waals surface area contributed by atoms with Crippen molar-refractivity contribution in [1.29, 1.82) is 0 Å². The van der Waals surface area contributed by atoms with Crippen molar-refractivity contribution in [3.63, 3.8) is 0 Å². The number of alkyl halides is 1. The van der Waals surface area contributed by atoms with Crippen molar-refractivity contribution >= 4 is 27.7 Å². The van der Waals surface area contributed by atoms with Crippen molar-refractivity contribution in [3.05, 3.63) is 59.7 Å². The van der Waals surface area contributed by atoms with Gasteiger partial charge in [-0.05, 0) is 22.0 Å². The second-order valence-corrected chi connectivity index (χ2v) is 5.61. The third kappa shape index (κ3) is 3.41. The first-order chi connectivity index (χ1) is 9.00. The number of carbonyl (C=O) groups excluding carboxylic acids is 2. The van der Waals surface area contributed by atoms with E-state index in [0.717, 1.165) is 0 Å². The monoisotopic (exact) mass is 320 g/mol. The summed E-state index contributed by atoms with van der Waals surface area (Å²) in [5.41, 5.74) is 1.25. The van der Waals surface area contributed by atoms with E-state index in [1.807, 2.05) is 18.2 Å². The van der Waals surface area contributed by atoms with E-state index in [2.05, 4.69) is 15.9 Å². The number of hydrogen-bond acceptors (Lipinski definition) is 3. The summed E-state index contributed by atoms with van der Waals surface area (Å²) in [6.45, 7) is 1.35. The molecule has 0 bridgehead atoms. The quantitative estimate of drug-likeness (QED) is 0.487. The second-order valence-electron chi connectivity index (χ2n) is 4.27. The van der Waals surface area contributed by atoms with Crippen molar-refractivity contribution < 1.29 is 14.3 Å². The summed E-state index contributed by atoms with van der Waals surface area (Å²) in [6, 6.07) is 9.08. The molecule has 19 heavy (non-hydrogen) atoms. The summed E-state index contributed by atoms with van der Waals surface area (Å²) in [7, 11) is 0. The lowest BCUT2D eigenvalue weighted by atomic mass is 9.97. The molecule has 1 aliphatic rings. The van der Waals surface area contributed by atoms with E-state index in [-0.39, 0.29) is 11.8 Å². The summed E-state index contributed by atoms with van der Waals surface area (Å²) in [6.07, 6.45) is 5.56. The average Bonchev–Trinajstić information content (AvgIpc) is 2.38. The highest BCUT2D eigenvalue weighted by Gasteiger charge is 2.29. The molecule has 1 aliphatic carbocycles. The summed E-state index contributed by atoms with van der Waals surface area (Å²) >= 11 is 3.34. The number of halogens is 1. The Kier molecular flexibility index (Phi) is 4.00. The highest BCUT2D eigenvalue weighted by atomic mass is 79.9. The van der Waals surface area contributed by atoms with Crippen molar-refractivity contribution in [1.82, 2.24) is 0 Å². The molecule has 4 heteroatoms. The Hall–Kier alpha value is -1.68. The molecule has 1 atom stereocenters. The van der Waals surface area contributed by atoms with Crippen LogP contribution in [0.5, 0.6) is 0 Å². The molecule has 0 saturated heterocycles. The Morgan fingerprint density at radius 2 is 1.95 bits per heavy atom. The molecule has 0 amide bonds. The van der Waals surface area contributed by atoms with Crippen molar-refractivity contribution in [2.75, 3.05) is 0 Å². The van der Waals surface area contributed by atoms with Crippen LogP contribution in [0.2, 0.25) is 0 Å². The molecule has 0 aliphatic heterocycles. The van der Waals surface area contributed by atoms with Gasteiger partial charge in [-0.15, -0.1) is 0 Å². The number of carbonyl (C=O) groups is 2. The van der Waals surface area contributed by atoms with E-state index in [9.17, 15) is 9.59 Å². The van der Waals surface area contributed by atoms with Crippen LogP contribution < -0.4 is 0 Å². The largest absolute Gasteiger partial charge is 0.443 e. The SMILES string of the molecule is CC(=O)OC1(Br)C=CC(C(=O)c2ccccc2)=CC1. The van der Waals surface area contributed by atoms with E-state index < -0.39 is 4.51 Å². The van der Waals surface area contributed by atoms with Crippen LogP contribution in [0.15, 0.2) is 54.1 Å². The van der Waals surface area contributed by atoms with Gasteiger partial charge in [0, 0.05) is 24.5 Å². The maximum absolute atomic E-state index is 12.2. The van der Waals surface area contributed by atoms with Crippen LogP contribution in [-0.2, 0) is 9.53 Å². The number of allylic oxidation sites excluding steroid dienone is 2. The summed E-state index contributed by atoms with van der Waals surface area (Å²) < 4.78 is 4.31. The molecule has 0 saturated carbocycles. The predicted octanol–water partition coefficient (Wildman–Crippen LogP) is 3.41. The van der Waals surface area contributed by atoms with Gasteiger partial charge in [-0.2, -0.15) is 0 Å². The lowest BCUT2D eigenvalue weighted by Crippen LogP contribution is -2.26. The number of rotatable bonds is 3. The molecule has 1 unspecified atom stereocenters. The fourth-order valence-electron chi connectivity index (χ4n) is 1.84. The van der Waals surface area contributed by atoms with Crippen LogP contribution in [0.4, 0.5) is 0 Å². The molecule has 0 aromatic heterocycles. The van der Waals surface area contributed by atoms with E-state index in [1.165, 1.54) is 6.92 Å². The Morgan fingerprint density at radius 3 is 2.47 bits per heavy atom. The molecule has 2 rings (SSSR count). The number of hydrogen-bond donors (Lipinski definition) is 0. The minimum absolute atomic E-state index is 0.0331. The summed E-state index contributed by atoms with van der Waals surface area (Å²) in [4.78, 5) is 23.2. The molecule has 0 N–H and O–H groups in total. The first-order valence-corrected chi connectivity index (χ1v) is 6.67. The minimum Gasteiger partial charge on any atom is -0.443 e. The van der Waals surface area contributed by atoms with Crippen molar-refractivity contribution in [3.8, 4) is 0 Å². The van der Waals surface area contributed by atoms with Crippen LogP contribution >= 0.6 is 15.9 Å². The van der Waals surface area contributed by atoms with Gasteiger partial charge >= 0.3 is 5.97 Å². The Labute approximate surface area is 120 Å². The average molecular weight is 321 g/mol. The zero-order valence-electron chi connectivity index (χ0n) is 10.4. The molecular weight excluding hydrogens is 308 g/mol. The van der Waals surface area contributed by atoms with E-state index in [4.69, 9.17) is 4.74 Å². The molecule has 0 fully saturated rings. The molecule has 0 spiro atoms. The molecule has 1 aromatic rings. The number of esters is 1. The van der Waals surface area contributed by atoms with Gasteiger partial charge in [0.05, 0.1) is 0 Å². The topological polar surface area (TPSA) is 43.4 Å². The van der Waals surface area contributed by atoms with Gasteiger partial charge in [-0.3, -0.25) is 9.59 Å². The number of Topliss-reactive ketones (excluding diaryl/α,β-unsaturated/α-hetero) is 1. The third-order valence-electron chi connectivity index (χ3n) is 2.72. The van der Waals surface area contributed by atoms with Crippen LogP contribution in [0.3, 0.4) is 0 Å². The van der Waals surface area contributed by atoms with E-state index in [1.54, 1.807) is 30.4 Å². The predicted molar refractivity (Wildman–Crippen MR) is 76.0 cm³/mol. The van der Waals surface area contributed by atoms with Gasteiger partial charge in [0.25, 0.3) is 0 Å². The summed E-state index contributed by atoms with van der Waals surface area (Å²) in [5.74, 6) is -0.401. The van der Waals surface area contributed by atoms with Gasteiger partial charge in [0.1, 0.15) is 0 Å². The Morgan fingerprint density at radius 1 is 1.26 bits per heavy atom. The standard InChI is InChI=1S/C15H13BrO3/c1-11(17)19-15(16)9-7-13(8-10-15)14(18)12-5-3-2-4-6-12/h2-9H,10H2,1H3. The first kappa shape index (κ1) is 13.7. The molecule has 3 nitrogen and oxygen atoms in total. The van der Waals surface area contributed by atoms with Crippen LogP contribution in [0.1, 0.15) is 23.7 Å². The number of benzene rings is 1. The van der Waals surface area contributed by atoms with Gasteiger partial charge in [0.15, 0.2) is 10.3 Å². The fraction of sp³-hybridized carbons (Fsp3) is 0.200. The summed E-state index contributed by atoms with van der Waals surface area (Å²) in [5, 5.41) is 0. The molecule has 98 valence electrons. The number of ether oxygens (including phenoxy) is 1. The zero-order chi connectivity index (χ0) is 13.9. The van der Waals surface area contributed by atoms with Crippen molar-refractivity contribution in [2.45, 2.75) is 17.9 Å². The van der Waals surface area contributed by atoms with Crippen LogP contribution in [-0.4, -0.2) is 16.3 Å². The minimum atomic E-state index is -0.834. The van der Waals surface area contributed by atoms with Crippen molar-refractivity contribution in [2.24, 2.45) is 0 Å². The molecule has 0 heterocycles. The normalized spacial score (nSPS) is 21.7. The van der Waals surface area contributed by atoms with Crippen LogP contribution in [0, 0.1) is 0 Å². The molecule has 1 aromatic carbocycles. The fourth-order valence-corrected chi connectivity index (χ4v) is 2.36. The van der Waals surface area contributed by atoms with Gasteiger partial charge < -0.3 is 4.74 Å². The number of ketones is 1. The smallest absolute Gasteiger partial charge is 0.304 e. The second kappa shape index (κ2) is 5.53. The Bertz CT molecular complexity index is 560.